The molecule has 4 rings (SSSR count). The molecule has 0 saturated heterocycles. The Kier molecular flexibility index (Phi) is 6.32. The molecule has 3 aromatic rings. The summed E-state index contributed by atoms with van der Waals surface area (Å²) in [6, 6.07) is 21.4. The van der Waals surface area contributed by atoms with Crippen molar-refractivity contribution in [3.05, 3.63) is 88.9 Å². The van der Waals surface area contributed by atoms with Gasteiger partial charge in [-0.2, -0.15) is 0 Å². The molecule has 0 bridgehead atoms. The Bertz CT molecular complexity index is 1100. The van der Waals surface area contributed by atoms with E-state index >= 15 is 0 Å². The van der Waals surface area contributed by atoms with Gasteiger partial charge in [-0.1, -0.05) is 66.2 Å². The fourth-order valence-corrected chi connectivity index (χ4v) is 4.08. The Morgan fingerprint density at radius 1 is 1.00 bits per heavy atom. The lowest BCUT2D eigenvalue weighted by Crippen LogP contribution is -2.46. The van der Waals surface area contributed by atoms with Crippen LogP contribution in [0.2, 0.25) is 5.02 Å². The second-order valence-corrected chi connectivity index (χ2v) is 7.97. The molecule has 0 heterocycles. The maximum atomic E-state index is 12.7. The van der Waals surface area contributed by atoms with E-state index in [1.54, 1.807) is 24.3 Å². The van der Waals surface area contributed by atoms with Gasteiger partial charge in [0.25, 0.3) is 0 Å². The standard InChI is InChI=1S/C25H22ClNO5/c1-27(23(24(28)29)15-31-17-8-6-7-16(26)13-17)25(30)32-14-22-20-11-4-2-9-18(20)19-10-3-5-12-21(19)22/h2-13,22-23H,14-15H2,1H3,(H,28,29)/t23-/m0/s1. The van der Waals surface area contributed by atoms with Crippen molar-refractivity contribution in [3.63, 3.8) is 0 Å². The number of amides is 1. The number of halogens is 1. The van der Waals surface area contributed by atoms with Crippen LogP contribution >= 0.6 is 11.6 Å². The van der Waals surface area contributed by atoms with E-state index in [0.29, 0.717) is 10.8 Å². The SMILES string of the molecule is CN(C(=O)OCC1c2ccccc2-c2ccccc21)[C@@H](COc1cccc(Cl)c1)C(=O)O. The molecular formula is C25H22ClNO5. The fraction of sp³-hybridized carbons (Fsp3) is 0.200. The van der Waals surface area contributed by atoms with Gasteiger partial charge in [0.2, 0.25) is 0 Å². The monoisotopic (exact) mass is 451 g/mol. The van der Waals surface area contributed by atoms with Gasteiger partial charge in [-0.25, -0.2) is 9.59 Å². The molecule has 0 spiro atoms. The number of rotatable bonds is 7. The van der Waals surface area contributed by atoms with Crippen LogP contribution in [0, 0.1) is 0 Å². The molecule has 0 saturated carbocycles. The molecule has 1 atom stereocenters. The van der Waals surface area contributed by atoms with Gasteiger partial charge in [-0.15, -0.1) is 0 Å². The van der Waals surface area contributed by atoms with E-state index in [2.05, 4.69) is 12.1 Å². The van der Waals surface area contributed by atoms with Gasteiger partial charge in [-0.05, 0) is 40.5 Å². The Morgan fingerprint density at radius 3 is 2.22 bits per heavy atom. The zero-order chi connectivity index (χ0) is 22.7. The first kappa shape index (κ1) is 21.7. The second kappa shape index (κ2) is 9.32. The molecule has 7 heteroatoms. The number of hydrogen-bond donors (Lipinski definition) is 1. The summed E-state index contributed by atoms with van der Waals surface area (Å²) in [7, 11) is 1.39. The van der Waals surface area contributed by atoms with Crippen LogP contribution < -0.4 is 4.74 Å². The van der Waals surface area contributed by atoms with E-state index in [1.165, 1.54) is 7.05 Å². The van der Waals surface area contributed by atoms with Crippen molar-refractivity contribution in [2.75, 3.05) is 20.3 Å². The number of carboxylic acids is 1. The van der Waals surface area contributed by atoms with Gasteiger partial charge in [-0.3, -0.25) is 4.90 Å². The summed E-state index contributed by atoms with van der Waals surface area (Å²) in [6.45, 7) is -0.130. The van der Waals surface area contributed by atoms with Gasteiger partial charge in [0.15, 0.2) is 6.04 Å². The number of hydrogen-bond acceptors (Lipinski definition) is 4. The fourth-order valence-electron chi connectivity index (χ4n) is 3.90. The number of carbonyl (C=O) groups is 2. The van der Waals surface area contributed by atoms with E-state index in [1.807, 2.05) is 36.4 Å². The summed E-state index contributed by atoms with van der Waals surface area (Å²) in [4.78, 5) is 25.5. The Hall–Kier alpha value is -3.51. The van der Waals surface area contributed by atoms with Crippen molar-refractivity contribution in [1.29, 1.82) is 0 Å². The second-order valence-electron chi connectivity index (χ2n) is 7.54. The predicted molar refractivity (Wildman–Crippen MR) is 121 cm³/mol. The van der Waals surface area contributed by atoms with Crippen LogP contribution in [0.15, 0.2) is 72.8 Å². The van der Waals surface area contributed by atoms with Crippen LogP contribution in [0.3, 0.4) is 0 Å². The highest BCUT2D eigenvalue weighted by atomic mass is 35.5. The van der Waals surface area contributed by atoms with E-state index in [4.69, 9.17) is 21.1 Å². The lowest BCUT2D eigenvalue weighted by molar-refractivity contribution is -0.143. The first-order valence-electron chi connectivity index (χ1n) is 10.1. The summed E-state index contributed by atoms with van der Waals surface area (Å²) in [5.74, 6) is -0.876. The number of carboxylic acid groups (broad SMARTS) is 1. The minimum Gasteiger partial charge on any atom is -0.491 e. The maximum Gasteiger partial charge on any atom is 0.410 e. The molecule has 3 aromatic carbocycles. The molecule has 32 heavy (non-hydrogen) atoms. The number of nitrogens with zero attached hydrogens (tertiary/aromatic N) is 1. The minimum atomic E-state index is -1.22. The highest BCUT2D eigenvalue weighted by molar-refractivity contribution is 6.30. The molecule has 6 nitrogen and oxygen atoms in total. The predicted octanol–water partition coefficient (Wildman–Crippen LogP) is 5.05. The van der Waals surface area contributed by atoms with E-state index < -0.39 is 18.1 Å². The summed E-state index contributed by atoms with van der Waals surface area (Å²) >= 11 is 5.93. The van der Waals surface area contributed by atoms with Crippen molar-refractivity contribution in [3.8, 4) is 16.9 Å². The summed E-state index contributed by atoms with van der Waals surface area (Å²) in [6.07, 6.45) is -0.728. The number of carbonyl (C=O) groups excluding carboxylic acids is 1. The van der Waals surface area contributed by atoms with Crippen LogP contribution in [-0.4, -0.2) is 48.4 Å². The number of ether oxygens (including phenoxy) is 2. The molecule has 0 radical (unpaired) electrons. The van der Waals surface area contributed by atoms with Crippen LogP contribution in [0.5, 0.6) is 5.75 Å². The van der Waals surface area contributed by atoms with Crippen LogP contribution in [-0.2, 0) is 9.53 Å². The normalized spacial score (nSPS) is 13.1. The van der Waals surface area contributed by atoms with Crippen molar-refractivity contribution in [2.45, 2.75) is 12.0 Å². The van der Waals surface area contributed by atoms with Gasteiger partial charge < -0.3 is 14.6 Å². The van der Waals surface area contributed by atoms with E-state index in [-0.39, 0.29) is 19.1 Å². The number of aliphatic carboxylic acids is 1. The third-order valence-corrected chi connectivity index (χ3v) is 5.82. The summed E-state index contributed by atoms with van der Waals surface area (Å²) < 4.78 is 11.1. The Balaban J connectivity index is 1.43. The topological polar surface area (TPSA) is 76.1 Å². The molecule has 0 aromatic heterocycles. The minimum absolute atomic E-state index is 0.106. The van der Waals surface area contributed by atoms with Gasteiger partial charge in [0, 0.05) is 18.0 Å². The largest absolute Gasteiger partial charge is 0.491 e. The average molecular weight is 452 g/mol. The molecule has 1 aliphatic carbocycles. The van der Waals surface area contributed by atoms with Crippen molar-refractivity contribution >= 4 is 23.7 Å². The zero-order valence-corrected chi connectivity index (χ0v) is 18.2. The molecule has 1 amide bonds. The highest BCUT2D eigenvalue weighted by Gasteiger charge is 2.32. The van der Waals surface area contributed by atoms with Crippen molar-refractivity contribution in [1.82, 2.24) is 4.90 Å². The molecule has 1 aliphatic rings. The zero-order valence-electron chi connectivity index (χ0n) is 17.4. The van der Waals surface area contributed by atoms with Crippen LogP contribution in [0.25, 0.3) is 11.1 Å². The summed E-state index contributed by atoms with van der Waals surface area (Å²) in [5.41, 5.74) is 4.41. The third kappa shape index (κ3) is 4.41. The van der Waals surface area contributed by atoms with E-state index in [9.17, 15) is 14.7 Å². The van der Waals surface area contributed by atoms with Gasteiger partial charge in [0.05, 0.1) is 0 Å². The number of likely N-dealkylation sites (N-methyl/N-ethyl adjacent to an activating group) is 1. The van der Waals surface area contributed by atoms with Crippen LogP contribution in [0.4, 0.5) is 4.79 Å². The van der Waals surface area contributed by atoms with E-state index in [0.717, 1.165) is 27.2 Å². The summed E-state index contributed by atoms with van der Waals surface area (Å²) in [5, 5.41) is 10.1. The lowest BCUT2D eigenvalue weighted by atomic mass is 9.98. The van der Waals surface area contributed by atoms with Crippen molar-refractivity contribution in [2.24, 2.45) is 0 Å². The Labute approximate surface area is 191 Å². The Morgan fingerprint density at radius 2 is 1.62 bits per heavy atom. The molecule has 1 N–H and O–H groups in total. The first-order valence-corrected chi connectivity index (χ1v) is 10.5. The highest BCUT2D eigenvalue weighted by Crippen LogP contribution is 2.44. The molecule has 0 aliphatic heterocycles. The quantitative estimate of drug-likeness (QED) is 0.543. The first-order chi connectivity index (χ1) is 15.5. The van der Waals surface area contributed by atoms with Crippen LogP contribution in [0.1, 0.15) is 17.0 Å². The number of fused-ring (bicyclic) bond motifs is 3. The third-order valence-electron chi connectivity index (χ3n) is 5.58. The molecule has 0 fully saturated rings. The average Bonchev–Trinajstić information content (AvgIpc) is 3.11. The van der Waals surface area contributed by atoms with Gasteiger partial charge in [0.1, 0.15) is 19.0 Å². The van der Waals surface area contributed by atoms with Gasteiger partial charge >= 0.3 is 12.1 Å². The maximum absolute atomic E-state index is 12.7. The smallest absolute Gasteiger partial charge is 0.410 e. The molecule has 0 unspecified atom stereocenters. The van der Waals surface area contributed by atoms with Crippen molar-refractivity contribution < 1.29 is 24.2 Å². The molecule has 164 valence electrons. The molecular weight excluding hydrogens is 430 g/mol. The number of benzene rings is 3. The lowest BCUT2D eigenvalue weighted by Gasteiger charge is -2.25.